The van der Waals surface area contributed by atoms with Crippen molar-refractivity contribution in [2.75, 3.05) is 26.2 Å². The van der Waals surface area contributed by atoms with Crippen LogP contribution in [0.15, 0.2) is 30.3 Å². The predicted octanol–water partition coefficient (Wildman–Crippen LogP) is 1.60. The summed E-state index contributed by atoms with van der Waals surface area (Å²) in [6.45, 7) is 3.02. The van der Waals surface area contributed by atoms with Crippen molar-refractivity contribution in [3.8, 4) is 5.75 Å². The molecule has 1 atom stereocenters. The fraction of sp³-hybridized carbons (Fsp3) is 0.500. The third-order valence-electron chi connectivity index (χ3n) is 3.15. The van der Waals surface area contributed by atoms with Crippen molar-refractivity contribution in [3.05, 3.63) is 30.3 Å². The molecule has 0 radical (unpaired) electrons. The van der Waals surface area contributed by atoms with Crippen LogP contribution >= 0.6 is 12.4 Å². The molecule has 19 heavy (non-hydrogen) atoms. The van der Waals surface area contributed by atoms with E-state index in [1.807, 2.05) is 30.3 Å². The first-order valence-electron chi connectivity index (χ1n) is 6.50. The SMILES string of the molecule is Cl.O=C(COc1ccccc1)NCCC1CCNC1. The number of rotatable bonds is 6. The maximum absolute atomic E-state index is 11.5. The maximum Gasteiger partial charge on any atom is 0.257 e. The number of hydrogen-bond donors (Lipinski definition) is 2. The second kappa shape index (κ2) is 8.77. The molecule has 0 bridgehead atoms. The van der Waals surface area contributed by atoms with E-state index in [0.717, 1.165) is 31.8 Å². The van der Waals surface area contributed by atoms with E-state index in [0.29, 0.717) is 5.92 Å². The van der Waals surface area contributed by atoms with Gasteiger partial charge in [0.25, 0.3) is 5.91 Å². The average Bonchev–Trinajstić information content (AvgIpc) is 2.91. The first-order chi connectivity index (χ1) is 8.84. The zero-order valence-corrected chi connectivity index (χ0v) is 11.7. The summed E-state index contributed by atoms with van der Waals surface area (Å²) in [6, 6.07) is 9.39. The molecule has 0 spiro atoms. The molecule has 0 aliphatic carbocycles. The lowest BCUT2D eigenvalue weighted by molar-refractivity contribution is -0.123. The summed E-state index contributed by atoms with van der Waals surface area (Å²) in [5.74, 6) is 1.39. The highest BCUT2D eigenvalue weighted by Gasteiger charge is 2.14. The Morgan fingerprint density at radius 1 is 1.37 bits per heavy atom. The second-order valence-corrected chi connectivity index (χ2v) is 4.60. The topological polar surface area (TPSA) is 50.4 Å². The summed E-state index contributed by atoms with van der Waals surface area (Å²) >= 11 is 0. The van der Waals surface area contributed by atoms with E-state index in [1.165, 1.54) is 6.42 Å². The van der Waals surface area contributed by atoms with Crippen LogP contribution < -0.4 is 15.4 Å². The Labute approximate surface area is 120 Å². The monoisotopic (exact) mass is 284 g/mol. The van der Waals surface area contributed by atoms with Gasteiger partial charge in [0, 0.05) is 6.54 Å². The van der Waals surface area contributed by atoms with E-state index in [4.69, 9.17) is 4.74 Å². The molecule has 1 unspecified atom stereocenters. The van der Waals surface area contributed by atoms with Crippen molar-refractivity contribution < 1.29 is 9.53 Å². The minimum absolute atomic E-state index is 0. The van der Waals surface area contributed by atoms with E-state index in [1.54, 1.807) is 0 Å². The van der Waals surface area contributed by atoms with Crippen LogP contribution in [0, 0.1) is 5.92 Å². The molecule has 1 aromatic carbocycles. The number of benzene rings is 1. The number of hydrogen-bond acceptors (Lipinski definition) is 3. The van der Waals surface area contributed by atoms with E-state index >= 15 is 0 Å². The zero-order chi connectivity index (χ0) is 12.6. The van der Waals surface area contributed by atoms with Crippen LogP contribution in [0.2, 0.25) is 0 Å². The lowest BCUT2D eigenvalue weighted by Gasteiger charge is -2.10. The van der Waals surface area contributed by atoms with Gasteiger partial charge in [-0.05, 0) is 44.0 Å². The van der Waals surface area contributed by atoms with Crippen molar-refractivity contribution in [1.82, 2.24) is 10.6 Å². The largest absolute Gasteiger partial charge is 0.484 e. The van der Waals surface area contributed by atoms with Crippen molar-refractivity contribution in [2.45, 2.75) is 12.8 Å². The van der Waals surface area contributed by atoms with Crippen molar-refractivity contribution in [2.24, 2.45) is 5.92 Å². The van der Waals surface area contributed by atoms with Gasteiger partial charge in [0.05, 0.1) is 0 Å². The molecule has 4 nitrogen and oxygen atoms in total. The van der Waals surface area contributed by atoms with Gasteiger partial charge in [-0.25, -0.2) is 0 Å². The van der Waals surface area contributed by atoms with E-state index in [-0.39, 0.29) is 24.9 Å². The fourth-order valence-corrected chi connectivity index (χ4v) is 2.09. The zero-order valence-electron chi connectivity index (χ0n) is 10.9. The quantitative estimate of drug-likeness (QED) is 0.834. The summed E-state index contributed by atoms with van der Waals surface area (Å²) in [6.07, 6.45) is 2.26. The maximum atomic E-state index is 11.5. The molecular formula is C14H21ClN2O2. The van der Waals surface area contributed by atoms with E-state index < -0.39 is 0 Å². The highest BCUT2D eigenvalue weighted by molar-refractivity contribution is 5.85. The van der Waals surface area contributed by atoms with Gasteiger partial charge in [-0.15, -0.1) is 12.4 Å². The summed E-state index contributed by atoms with van der Waals surface area (Å²) in [4.78, 5) is 11.5. The number of para-hydroxylation sites is 1. The average molecular weight is 285 g/mol. The Morgan fingerprint density at radius 2 is 2.16 bits per heavy atom. The highest BCUT2D eigenvalue weighted by Crippen LogP contribution is 2.10. The lowest BCUT2D eigenvalue weighted by atomic mass is 10.1. The molecule has 106 valence electrons. The standard InChI is InChI=1S/C14H20N2O2.ClH/c17-14(11-18-13-4-2-1-3-5-13)16-9-7-12-6-8-15-10-12;/h1-5,12,15H,6-11H2,(H,16,17);1H. The first-order valence-corrected chi connectivity index (χ1v) is 6.50. The van der Waals surface area contributed by atoms with Crippen LogP contribution in [-0.4, -0.2) is 32.1 Å². The smallest absolute Gasteiger partial charge is 0.257 e. The van der Waals surface area contributed by atoms with Gasteiger partial charge in [0.2, 0.25) is 0 Å². The lowest BCUT2D eigenvalue weighted by Crippen LogP contribution is -2.30. The van der Waals surface area contributed by atoms with Crippen LogP contribution in [0.5, 0.6) is 5.75 Å². The highest BCUT2D eigenvalue weighted by atomic mass is 35.5. The van der Waals surface area contributed by atoms with Gasteiger partial charge in [0.1, 0.15) is 5.75 Å². The minimum atomic E-state index is -0.0511. The summed E-state index contributed by atoms with van der Waals surface area (Å²) < 4.78 is 5.37. The Kier molecular flexibility index (Phi) is 7.30. The molecule has 1 aliphatic rings. The van der Waals surface area contributed by atoms with Gasteiger partial charge in [-0.3, -0.25) is 4.79 Å². The van der Waals surface area contributed by atoms with E-state index in [9.17, 15) is 4.79 Å². The molecular weight excluding hydrogens is 264 g/mol. The number of amides is 1. The molecule has 2 rings (SSSR count). The van der Waals surface area contributed by atoms with Gasteiger partial charge in [0.15, 0.2) is 6.61 Å². The summed E-state index contributed by atoms with van der Waals surface area (Å²) in [7, 11) is 0. The molecule has 1 amide bonds. The molecule has 0 aromatic heterocycles. The third-order valence-corrected chi connectivity index (χ3v) is 3.15. The number of halogens is 1. The van der Waals surface area contributed by atoms with Crippen LogP contribution in [0.4, 0.5) is 0 Å². The Morgan fingerprint density at radius 3 is 2.84 bits per heavy atom. The number of carbonyl (C=O) groups is 1. The van der Waals surface area contributed by atoms with Gasteiger partial charge < -0.3 is 15.4 Å². The normalized spacial score (nSPS) is 17.6. The molecule has 0 saturated carbocycles. The van der Waals surface area contributed by atoms with Crippen LogP contribution in [0.25, 0.3) is 0 Å². The Balaban J connectivity index is 0.00000180. The van der Waals surface area contributed by atoms with Gasteiger partial charge in [-0.1, -0.05) is 18.2 Å². The van der Waals surface area contributed by atoms with Crippen molar-refractivity contribution >= 4 is 18.3 Å². The van der Waals surface area contributed by atoms with Crippen LogP contribution in [0.1, 0.15) is 12.8 Å². The van der Waals surface area contributed by atoms with Crippen LogP contribution in [-0.2, 0) is 4.79 Å². The second-order valence-electron chi connectivity index (χ2n) is 4.60. The Bertz CT molecular complexity index is 367. The molecule has 1 fully saturated rings. The van der Waals surface area contributed by atoms with Gasteiger partial charge >= 0.3 is 0 Å². The van der Waals surface area contributed by atoms with Crippen LogP contribution in [0.3, 0.4) is 0 Å². The first kappa shape index (κ1) is 15.8. The molecule has 1 aliphatic heterocycles. The summed E-state index contributed by atoms with van der Waals surface area (Å²) in [5.41, 5.74) is 0. The number of carbonyl (C=O) groups excluding carboxylic acids is 1. The minimum Gasteiger partial charge on any atom is -0.484 e. The summed E-state index contributed by atoms with van der Waals surface area (Å²) in [5, 5.41) is 6.21. The third kappa shape index (κ3) is 5.94. The Hall–Kier alpha value is -1.26. The molecule has 1 heterocycles. The fourth-order valence-electron chi connectivity index (χ4n) is 2.09. The van der Waals surface area contributed by atoms with Crippen molar-refractivity contribution in [1.29, 1.82) is 0 Å². The molecule has 1 saturated heterocycles. The predicted molar refractivity (Wildman–Crippen MR) is 77.8 cm³/mol. The van der Waals surface area contributed by atoms with E-state index in [2.05, 4.69) is 10.6 Å². The van der Waals surface area contributed by atoms with Gasteiger partial charge in [-0.2, -0.15) is 0 Å². The molecule has 5 heteroatoms. The molecule has 2 N–H and O–H groups in total. The number of nitrogens with one attached hydrogen (secondary N) is 2. The molecule has 1 aromatic rings. The number of ether oxygens (including phenoxy) is 1. The van der Waals surface area contributed by atoms with Crippen molar-refractivity contribution in [3.63, 3.8) is 0 Å².